The highest BCUT2D eigenvalue weighted by atomic mass is 35.5. The van der Waals surface area contributed by atoms with Gasteiger partial charge < -0.3 is 10.3 Å². The molecule has 1 atom stereocenters. The SMILES string of the molecule is Cc1ccc(N2C(=O)[C@H](Cc3c[nH]c4ccccc34)NC2=S)cc1Cl. The number of halogens is 1. The molecule has 2 heterocycles. The number of nitrogens with one attached hydrogen (secondary N) is 2. The number of carbonyl (C=O) groups excluding carboxylic acids is 1. The van der Waals surface area contributed by atoms with E-state index in [2.05, 4.69) is 16.4 Å². The van der Waals surface area contributed by atoms with E-state index in [4.69, 9.17) is 23.8 Å². The van der Waals surface area contributed by atoms with Crippen molar-refractivity contribution >= 4 is 51.4 Å². The molecule has 1 fully saturated rings. The predicted octanol–water partition coefficient (Wildman–Crippen LogP) is 3.96. The molecule has 2 aromatic carbocycles. The molecule has 4 nitrogen and oxygen atoms in total. The van der Waals surface area contributed by atoms with Gasteiger partial charge in [0.15, 0.2) is 5.11 Å². The smallest absolute Gasteiger partial charge is 0.256 e. The van der Waals surface area contributed by atoms with Crippen molar-refractivity contribution in [3.8, 4) is 0 Å². The Kier molecular flexibility index (Phi) is 3.98. The molecule has 0 aliphatic carbocycles. The summed E-state index contributed by atoms with van der Waals surface area (Å²) in [7, 11) is 0. The van der Waals surface area contributed by atoms with Crippen LogP contribution >= 0.6 is 23.8 Å². The molecule has 0 saturated carbocycles. The Hall–Kier alpha value is -2.37. The zero-order chi connectivity index (χ0) is 17.6. The third kappa shape index (κ3) is 2.79. The lowest BCUT2D eigenvalue weighted by atomic mass is 10.0. The molecule has 1 aromatic heterocycles. The minimum Gasteiger partial charge on any atom is -0.361 e. The third-order valence-electron chi connectivity index (χ3n) is 4.53. The van der Waals surface area contributed by atoms with Gasteiger partial charge in [0.2, 0.25) is 0 Å². The minimum absolute atomic E-state index is 0.0600. The Morgan fingerprint density at radius 2 is 2.04 bits per heavy atom. The first-order chi connectivity index (χ1) is 12.0. The summed E-state index contributed by atoms with van der Waals surface area (Å²) in [5.74, 6) is -0.0600. The zero-order valence-electron chi connectivity index (χ0n) is 13.5. The predicted molar refractivity (Wildman–Crippen MR) is 105 cm³/mol. The lowest BCUT2D eigenvalue weighted by Gasteiger charge is -2.15. The molecule has 25 heavy (non-hydrogen) atoms. The number of amides is 1. The molecule has 1 amide bonds. The number of para-hydroxylation sites is 1. The Labute approximate surface area is 155 Å². The number of nitrogens with zero attached hydrogens (tertiary/aromatic N) is 1. The number of aromatic nitrogens is 1. The zero-order valence-corrected chi connectivity index (χ0v) is 15.1. The van der Waals surface area contributed by atoms with Crippen LogP contribution in [-0.4, -0.2) is 22.0 Å². The summed E-state index contributed by atoms with van der Waals surface area (Å²) in [6.45, 7) is 1.92. The van der Waals surface area contributed by atoms with Crippen molar-refractivity contribution in [1.29, 1.82) is 0 Å². The van der Waals surface area contributed by atoms with Crippen LogP contribution in [0.2, 0.25) is 5.02 Å². The molecule has 0 spiro atoms. The van der Waals surface area contributed by atoms with Crippen LogP contribution < -0.4 is 10.2 Å². The number of aromatic amines is 1. The van der Waals surface area contributed by atoms with E-state index < -0.39 is 0 Å². The number of rotatable bonds is 3. The molecule has 0 bridgehead atoms. The van der Waals surface area contributed by atoms with Gasteiger partial charge >= 0.3 is 0 Å². The first kappa shape index (κ1) is 16.1. The van der Waals surface area contributed by atoms with Crippen LogP contribution in [0.3, 0.4) is 0 Å². The maximum Gasteiger partial charge on any atom is 0.256 e. The first-order valence-corrected chi connectivity index (χ1v) is 8.79. The van der Waals surface area contributed by atoms with Crippen molar-refractivity contribution in [2.45, 2.75) is 19.4 Å². The fourth-order valence-corrected chi connectivity index (χ4v) is 3.67. The summed E-state index contributed by atoms with van der Waals surface area (Å²) < 4.78 is 0. The highest BCUT2D eigenvalue weighted by Crippen LogP contribution is 2.27. The van der Waals surface area contributed by atoms with Crippen molar-refractivity contribution in [3.63, 3.8) is 0 Å². The van der Waals surface area contributed by atoms with Gasteiger partial charge in [0.1, 0.15) is 6.04 Å². The monoisotopic (exact) mass is 369 g/mol. The molecule has 1 saturated heterocycles. The van der Waals surface area contributed by atoms with E-state index in [1.165, 1.54) is 4.90 Å². The second-order valence-electron chi connectivity index (χ2n) is 6.17. The summed E-state index contributed by atoms with van der Waals surface area (Å²) in [4.78, 5) is 17.7. The van der Waals surface area contributed by atoms with Crippen LogP contribution in [0.25, 0.3) is 10.9 Å². The second kappa shape index (κ2) is 6.17. The molecular weight excluding hydrogens is 354 g/mol. The van der Waals surface area contributed by atoms with Crippen LogP contribution in [0, 0.1) is 6.92 Å². The van der Waals surface area contributed by atoms with Crippen LogP contribution in [0.1, 0.15) is 11.1 Å². The van der Waals surface area contributed by atoms with Crippen LogP contribution in [0.15, 0.2) is 48.7 Å². The van der Waals surface area contributed by atoms with E-state index in [9.17, 15) is 4.79 Å². The molecule has 1 aliphatic rings. The molecule has 0 radical (unpaired) electrons. The van der Waals surface area contributed by atoms with E-state index in [1.54, 1.807) is 6.07 Å². The normalized spacial score (nSPS) is 17.4. The number of aryl methyl sites for hydroxylation is 1. The summed E-state index contributed by atoms with van der Waals surface area (Å²) in [6.07, 6.45) is 2.52. The van der Waals surface area contributed by atoms with Gasteiger partial charge in [0.25, 0.3) is 5.91 Å². The van der Waals surface area contributed by atoms with Crippen molar-refractivity contribution in [2.75, 3.05) is 4.90 Å². The lowest BCUT2D eigenvalue weighted by molar-refractivity contribution is -0.118. The van der Waals surface area contributed by atoms with Gasteiger partial charge in [0, 0.05) is 28.5 Å². The Morgan fingerprint density at radius 1 is 1.24 bits per heavy atom. The van der Waals surface area contributed by atoms with Crippen LogP contribution in [-0.2, 0) is 11.2 Å². The maximum absolute atomic E-state index is 12.9. The molecule has 6 heteroatoms. The number of H-pyrrole nitrogens is 1. The quantitative estimate of drug-likeness (QED) is 0.687. The molecule has 4 rings (SSSR count). The molecule has 126 valence electrons. The van der Waals surface area contributed by atoms with E-state index in [-0.39, 0.29) is 11.9 Å². The topological polar surface area (TPSA) is 48.1 Å². The van der Waals surface area contributed by atoms with Crippen molar-refractivity contribution in [3.05, 3.63) is 64.8 Å². The van der Waals surface area contributed by atoms with Gasteiger partial charge in [-0.1, -0.05) is 35.9 Å². The van der Waals surface area contributed by atoms with Crippen molar-refractivity contribution < 1.29 is 4.79 Å². The van der Waals surface area contributed by atoms with Crippen LogP contribution in [0.4, 0.5) is 5.69 Å². The Morgan fingerprint density at radius 3 is 2.84 bits per heavy atom. The molecule has 3 aromatic rings. The van der Waals surface area contributed by atoms with Crippen molar-refractivity contribution in [2.24, 2.45) is 0 Å². The first-order valence-electron chi connectivity index (χ1n) is 8.00. The largest absolute Gasteiger partial charge is 0.361 e. The molecule has 0 unspecified atom stereocenters. The third-order valence-corrected chi connectivity index (χ3v) is 5.24. The Bertz CT molecular complexity index is 997. The highest BCUT2D eigenvalue weighted by Gasteiger charge is 2.36. The Balaban J connectivity index is 1.61. The average Bonchev–Trinajstić information content (AvgIpc) is 3.12. The summed E-state index contributed by atoms with van der Waals surface area (Å²) >= 11 is 11.6. The van der Waals surface area contributed by atoms with Gasteiger partial charge in [-0.15, -0.1) is 0 Å². The minimum atomic E-state index is -0.383. The molecule has 1 aliphatic heterocycles. The lowest BCUT2D eigenvalue weighted by Crippen LogP contribution is -2.32. The number of carbonyl (C=O) groups is 1. The van der Waals surface area contributed by atoms with E-state index in [0.29, 0.717) is 22.2 Å². The molecular formula is C19H16ClN3OS. The number of fused-ring (bicyclic) bond motifs is 1. The average molecular weight is 370 g/mol. The van der Waals surface area contributed by atoms with E-state index in [1.807, 2.05) is 43.5 Å². The van der Waals surface area contributed by atoms with E-state index in [0.717, 1.165) is 22.0 Å². The standard InChI is InChI=1S/C19H16ClN3OS/c1-11-6-7-13(9-15(11)20)23-18(24)17(22-19(23)25)8-12-10-21-16-5-3-2-4-14(12)16/h2-7,9-10,17,21H,8H2,1H3,(H,22,25)/t17-/m0/s1. The second-order valence-corrected chi connectivity index (χ2v) is 6.97. The summed E-state index contributed by atoms with van der Waals surface area (Å²) in [6, 6.07) is 13.2. The van der Waals surface area contributed by atoms with Gasteiger partial charge in [-0.3, -0.25) is 9.69 Å². The highest BCUT2D eigenvalue weighted by molar-refractivity contribution is 7.80. The summed E-state index contributed by atoms with van der Waals surface area (Å²) in [5, 5.41) is 5.30. The van der Waals surface area contributed by atoms with Crippen molar-refractivity contribution in [1.82, 2.24) is 10.3 Å². The number of benzene rings is 2. The van der Waals surface area contributed by atoms with Gasteiger partial charge in [-0.25, -0.2) is 0 Å². The maximum atomic E-state index is 12.9. The van der Waals surface area contributed by atoms with Gasteiger partial charge in [0.05, 0.1) is 5.69 Å². The van der Waals surface area contributed by atoms with Crippen LogP contribution in [0.5, 0.6) is 0 Å². The van der Waals surface area contributed by atoms with E-state index >= 15 is 0 Å². The van der Waals surface area contributed by atoms with Gasteiger partial charge in [-0.2, -0.15) is 0 Å². The summed E-state index contributed by atoms with van der Waals surface area (Å²) in [5.41, 5.74) is 3.81. The fourth-order valence-electron chi connectivity index (χ4n) is 3.16. The number of thiocarbonyl (C=S) groups is 1. The van der Waals surface area contributed by atoms with Gasteiger partial charge in [-0.05, 0) is 48.5 Å². The number of anilines is 1. The number of hydrogen-bond donors (Lipinski definition) is 2. The molecule has 2 N–H and O–H groups in total. The fraction of sp³-hybridized carbons (Fsp3) is 0.158. The number of hydrogen-bond acceptors (Lipinski definition) is 2.